The summed E-state index contributed by atoms with van der Waals surface area (Å²) in [7, 11) is 0. The summed E-state index contributed by atoms with van der Waals surface area (Å²) in [6.45, 7) is 2.82. The van der Waals surface area contributed by atoms with E-state index < -0.39 is 0 Å². The van der Waals surface area contributed by atoms with E-state index in [1.165, 1.54) is 12.8 Å². The molecule has 1 saturated heterocycles. The summed E-state index contributed by atoms with van der Waals surface area (Å²) in [5, 5.41) is 12.3. The lowest BCUT2D eigenvalue weighted by Crippen LogP contribution is -2.38. The van der Waals surface area contributed by atoms with E-state index >= 15 is 0 Å². The molecule has 9 heteroatoms. The maximum Gasteiger partial charge on any atom is 0.227 e. The Bertz CT molecular complexity index is 657. The Kier molecular flexibility index (Phi) is 7.67. The fourth-order valence-corrected chi connectivity index (χ4v) is 3.90. The molecule has 0 radical (unpaired) electrons. The van der Waals surface area contributed by atoms with Crippen LogP contribution in [-0.2, 0) is 11.2 Å². The minimum atomic E-state index is 0. The lowest BCUT2D eigenvalue weighted by atomic mass is 10.00. The molecule has 132 valence electrons. The zero-order valence-electron chi connectivity index (χ0n) is 13.1. The highest BCUT2D eigenvalue weighted by molar-refractivity contribution is 9.10. The molecule has 2 aromatic rings. The fraction of sp³-hybridized carbons (Fsp3) is 0.533. The summed E-state index contributed by atoms with van der Waals surface area (Å²) in [6, 6.07) is 1.95. The predicted octanol–water partition coefficient (Wildman–Crippen LogP) is 3.03. The third-order valence-electron chi connectivity index (χ3n) is 3.81. The van der Waals surface area contributed by atoms with Crippen LogP contribution in [0.5, 0.6) is 0 Å². The van der Waals surface area contributed by atoms with Gasteiger partial charge in [-0.15, -0.1) is 23.7 Å². The number of halogens is 2. The van der Waals surface area contributed by atoms with Gasteiger partial charge in [0.15, 0.2) is 0 Å². The van der Waals surface area contributed by atoms with Crippen molar-refractivity contribution in [2.45, 2.75) is 25.7 Å². The third kappa shape index (κ3) is 5.54. The molecule has 2 N–H and O–H groups in total. The van der Waals surface area contributed by atoms with E-state index in [2.05, 4.69) is 36.7 Å². The Balaban J connectivity index is 0.00000208. The molecule has 0 spiro atoms. The number of nitrogens with zero attached hydrogens (tertiary/aromatic N) is 2. The van der Waals surface area contributed by atoms with Gasteiger partial charge in [-0.25, -0.2) is 0 Å². The average Bonchev–Trinajstić information content (AvgIpc) is 3.20. The minimum absolute atomic E-state index is 0. The molecular weight excluding hydrogens is 416 g/mol. The summed E-state index contributed by atoms with van der Waals surface area (Å²) in [5.41, 5.74) is 0. The molecular formula is C15H20BrClN4O2S. The summed E-state index contributed by atoms with van der Waals surface area (Å²) in [5.74, 6) is 1.65. The van der Waals surface area contributed by atoms with Crippen LogP contribution in [0.4, 0.5) is 0 Å². The van der Waals surface area contributed by atoms with Crippen LogP contribution in [0.25, 0.3) is 10.7 Å². The number of thiophene rings is 1. The molecule has 1 fully saturated rings. The molecule has 3 heterocycles. The Morgan fingerprint density at radius 1 is 1.54 bits per heavy atom. The fourth-order valence-electron chi connectivity index (χ4n) is 2.55. The number of hydrogen-bond donors (Lipinski definition) is 2. The molecule has 6 nitrogen and oxygen atoms in total. The zero-order chi connectivity index (χ0) is 16.1. The van der Waals surface area contributed by atoms with Gasteiger partial charge in [0.1, 0.15) is 0 Å². The van der Waals surface area contributed by atoms with Crippen LogP contribution in [0.15, 0.2) is 20.4 Å². The zero-order valence-corrected chi connectivity index (χ0v) is 16.3. The van der Waals surface area contributed by atoms with Crippen LogP contribution >= 0.6 is 39.7 Å². The highest BCUT2D eigenvalue weighted by Crippen LogP contribution is 2.27. The smallest absolute Gasteiger partial charge is 0.227 e. The number of aromatic nitrogens is 2. The minimum Gasteiger partial charge on any atom is -0.356 e. The monoisotopic (exact) mass is 434 g/mol. The Morgan fingerprint density at radius 2 is 2.42 bits per heavy atom. The molecule has 0 aromatic carbocycles. The molecule has 3 rings (SSSR count). The van der Waals surface area contributed by atoms with Crippen LogP contribution in [-0.4, -0.2) is 35.7 Å². The molecule has 1 amide bonds. The number of piperidine rings is 1. The number of nitrogens with one attached hydrogen (secondary N) is 2. The molecule has 1 atom stereocenters. The topological polar surface area (TPSA) is 80.0 Å². The van der Waals surface area contributed by atoms with Gasteiger partial charge >= 0.3 is 0 Å². The quantitative estimate of drug-likeness (QED) is 0.729. The molecule has 0 bridgehead atoms. The van der Waals surface area contributed by atoms with Gasteiger partial charge in [0.05, 0.1) is 4.88 Å². The molecule has 1 aliphatic heterocycles. The first kappa shape index (κ1) is 19.4. The van der Waals surface area contributed by atoms with Crippen LogP contribution < -0.4 is 10.6 Å². The highest BCUT2D eigenvalue weighted by atomic mass is 79.9. The van der Waals surface area contributed by atoms with E-state index in [-0.39, 0.29) is 18.3 Å². The molecule has 1 aliphatic rings. The largest absolute Gasteiger partial charge is 0.356 e. The summed E-state index contributed by atoms with van der Waals surface area (Å²) >= 11 is 4.95. The van der Waals surface area contributed by atoms with Crippen LogP contribution in [0.2, 0.25) is 0 Å². The molecule has 2 aromatic heterocycles. The first-order chi connectivity index (χ1) is 11.2. The van der Waals surface area contributed by atoms with E-state index in [4.69, 9.17) is 4.52 Å². The number of carbonyl (C=O) groups excluding carboxylic acids is 1. The van der Waals surface area contributed by atoms with E-state index in [0.717, 1.165) is 29.0 Å². The normalized spacial score (nSPS) is 17.3. The summed E-state index contributed by atoms with van der Waals surface area (Å²) < 4.78 is 6.21. The van der Waals surface area contributed by atoms with Gasteiger partial charge in [-0.2, -0.15) is 4.98 Å². The van der Waals surface area contributed by atoms with Gasteiger partial charge in [-0.1, -0.05) is 5.16 Å². The van der Waals surface area contributed by atoms with Gasteiger partial charge in [-0.05, 0) is 53.8 Å². The molecule has 0 saturated carbocycles. The first-order valence-electron chi connectivity index (χ1n) is 7.75. The Hall–Kier alpha value is -0.960. The van der Waals surface area contributed by atoms with Crippen molar-refractivity contribution in [1.29, 1.82) is 0 Å². The second kappa shape index (κ2) is 9.50. The second-order valence-corrected chi connectivity index (χ2v) is 7.48. The van der Waals surface area contributed by atoms with Crippen molar-refractivity contribution >= 4 is 45.6 Å². The van der Waals surface area contributed by atoms with Gasteiger partial charge in [0.2, 0.25) is 17.6 Å². The van der Waals surface area contributed by atoms with Gasteiger partial charge < -0.3 is 15.2 Å². The number of hydrogen-bond acceptors (Lipinski definition) is 6. The van der Waals surface area contributed by atoms with Crippen molar-refractivity contribution in [2.24, 2.45) is 5.92 Å². The van der Waals surface area contributed by atoms with Crippen molar-refractivity contribution in [3.05, 3.63) is 21.8 Å². The predicted molar refractivity (Wildman–Crippen MR) is 99.5 cm³/mol. The van der Waals surface area contributed by atoms with Crippen LogP contribution in [0.1, 0.15) is 25.2 Å². The van der Waals surface area contributed by atoms with Crippen molar-refractivity contribution < 1.29 is 9.32 Å². The number of aryl methyl sites for hydroxylation is 1. The number of amides is 1. The summed E-state index contributed by atoms with van der Waals surface area (Å²) in [4.78, 5) is 17.2. The van der Waals surface area contributed by atoms with Crippen LogP contribution in [0, 0.1) is 5.92 Å². The van der Waals surface area contributed by atoms with Gasteiger partial charge in [0.25, 0.3) is 0 Å². The SMILES string of the molecule is Cl.O=C(CCc1nc(-c2cc(Br)cs2)no1)NCC1CCCNC1. The second-order valence-electron chi connectivity index (χ2n) is 5.66. The maximum atomic E-state index is 11.9. The first-order valence-corrected chi connectivity index (χ1v) is 9.42. The number of carbonyl (C=O) groups is 1. The lowest BCUT2D eigenvalue weighted by Gasteiger charge is -2.22. The average molecular weight is 436 g/mol. The van der Waals surface area contributed by atoms with Crippen molar-refractivity contribution in [3.8, 4) is 10.7 Å². The molecule has 0 aliphatic carbocycles. The van der Waals surface area contributed by atoms with E-state index in [0.29, 0.717) is 30.5 Å². The highest BCUT2D eigenvalue weighted by Gasteiger charge is 2.15. The van der Waals surface area contributed by atoms with Crippen molar-refractivity contribution in [3.63, 3.8) is 0 Å². The van der Waals surface area contributed by atoms with E-state index in [1.807, 2.05) is 11.4 Å². The standard InChI is InChI=1S/C15H19BrN4O2S.ClH/c16-11-6-12(23-9-11)15-19-14(22-20-15)4-3-13(21)18-8-10-2-1-5-17-7-10;/h6,9-10,17H,1-5,7-8H2,(H,18,21);1H. The van der Waals surface area contributed by atoms with E-state index in [9.17, 15) is 4.79 Å². The van der Waals surface area contributed by atoms with Crippen molar-refractivity contribution in [2.75, 3.05) is 19.6 Å². The van der Waals surface area contributed by atoms with Gasteiger partial charge in [-0.3, -0.25) is 4.79 Å². The van der Waals surface area contributed by atoms with Crippen LogP contribution in [0.3, 0.4) is 0 Å². The van der Waals surface area contributed by atoms with Gasteiger partial charge in [0, 0.05) is 29.2 Å². The lowest BCUT2D eigenvalue weighted by molar-refractivity contribution is -0.121. The van der Waals surface area contributed by atoms with Crippen molar-refractivity contribution in [1.82, 2.24) is 20.8 Å². The number of rotatable bonds is 6. The Morgan fingerprint density at radius 3 is 3.12 bits per heavy atom. The maximum absolute atomic E-state index is 11.9. The Labute approximate surface area is 159 Å². The molecule has 1 unspecified atom stereocenters. The summed E-state index contributed by atoms with van der Waals surface area (Å²) in [6.07, 6.45) is 3.20. The van der Waals surface area contributed by atoms with E-state index in [1.54, 1.807) is 11.3 Å². The molecule has 24 heavy (non-hydrogen) atoms. The third-order valence-corrected chi connectivity index (χ3v) is 5.50.